The minimum atomic E-state index is -0.797. The first-order valence-electron chi connectivity index (χ1n) is 6.19. The maximum atomic E-state index is 11.9. The third-order valence-corrected chi connectivity index (χ3v) is 3.89. The van der Waals surface area contributed by atoms with Crippen LogP contribution in [0.3, 0.4) is 0 Å². The molecule has 0 aliphatic rings. The summed E-state index contributed by atoms with van der Waals surface area (Å²) < 4.78 is 0.902. The molecule has 1 unspecified atom stereocenters. The molecular formula is C14H18BrNO3. The highest BCUT2D eigenvalue weighted by Gasteiger charge is 2.12. The molecule has 0 aliphatic heterocycles. The van der Waals surface area contributed by atoms with Gasteiger partial charge in [0.1, 0.15) is 0 Å². The van der Waals surface area contributed by atoms with Crippen molar-refractivity contribution < 1.29 is 14.7 Å². The van der Waals surface area contributed by atoms with Gasteiger partial charge in [0.05, 0.1) is 5.92 Å². The molecule has 0 heterocycles. The SMILES string of the molecule is Cc1c(Br)cccc1C(=O)NCCCC(C)C(=O)O. The van der Waals surface area contributed by atoms with Crippen molar-refractivity contribution in [2.75, 3.05) is 6.54 Å². The topological polar surface area (TPSA) is 66.4 Å². The molecule has 0 aromatic heterocycles. The van der Waals surface area contributed by atoms with Crippen LogP contribution in [0.25, 0.3) is 0 Å². The fraction of sp³-hybridized carbons (Fsp3) is 0.429. The van der Waals surface area contributed by atoms with E-state index in [1.807, 2.05) is 19.1 Å². The molecule has 1 amide bonds. The first kappa shape index (κ1) is 15.7. The van der Waals surface area contributed by atoms with E-state index in [1.165, 1.54) is 0 Å². The number of amides is 1. The molecule has 1 aromatic rings. The third-order valence-electron chi connectivity index (χ3n) is 3.03. The molecule has 0 saturated carbocycles. The summed E-state index contributed by atoms with van der Waals surface area (Å²) in [5.74, 6) is -1.29. The Hall–Kier alpha value is -1.36. The Labute approximate surface area is 121 Å². The molecule has 0 radical (unpaired) electrons. The Bertz CT molecular complexity index is 474. The molecule has 2 N–H and O–H groups in total. The van der Waals surface area contributed by atoms with Crippen molar-refractivity contribution in [2.24, 2.45) is 5.92 Å². The molecule has 0 aliphatic carbocycles. The molecule has 1 rings (SSSR count). The molecule has 104 valence electrons. The molecule has 19 heavy (non-hydrogen) atoms. The van der Waals surface area contributed by atoms with Gasteiger partial charge >= 0.3 is 5.97 Å². The second kappa shape index (κ2) is 7.28. The molecule has 0 bridgehead atoms. The van der Waals surface area contributed by atoms with Crippen molar-refractivity contribution >= 4 is 27.8 Å². The van der Waals surface area contributed by atoms with Crippen molar-refractivity contribution in [3.8, 4) is 0 Å². The summed E-state index contributed by atoms with van der Waals surface area (Å²) in [6.07, 6.45) is 1.22. The van der Waals surface area contributed by atoms with Crippen LogP contribution in [0.1, 0.15) is 35.7 Å². The van der Waals surface area contributed by atoms with Crippen molar-refractivity contribution in [1.82, 2.24) is 5.32 Å². The van der Waals surface area contributed by atoms with Gasteiger partial charge in [0.15, 0.2) is 0 Å². The van der Waals surface area contributed by atoms with Gasteiger partial charge in [-0.05, 0) is 37.5 Å². The number of rotatable bonds is 6. The molecule has 0 saturated heterocycles. The van der Waals surface area contributed by atoms with Gasteiger partial charge in [-0.15, -0.1) is 0 Å². The number of carbonyl (C=O) groups is 2. The van der Waals surface area contributed by atoms with E-state index in [1.54, 1.807) is 13.0 Å². The number of hydrogen-bond donors (Lipinski definition) is 2. The smallest absolute Gasteiger partial charge is 0.306 e. The van der Waals surface area contributed by atoms with Gasteiger partial charge < -0.3 is 10.4 Å². The lowest BCUT2D eigenvalue weighted by molar-refractivity contribution is -0.141. The third kappa shape index (κ3) is 4.67. The number of benzene rings is 1. The summed E-state index contributed by atoms with van der Waals surface area (Å²) in [6.45, 7) is 4.04. The van der Waals surface area contributed by atoms with Crippen LogP contribution in [0.5, 0.6) is 0 Å². The van der Waals surface area contributed by atoms with Gasteiger partial charge in [-0.3, -0.25) is 9.59 Å². The minimum Gasteiger partial charge on any atom is -0.481 e. The Morgan fingerprint density at radius 1 is 1.42 bits per heavy atom. The zero-order valence-electron chi connectivity index (χ0n) is 11.1. The van der Waals surface area contributed by atoms with Gasteiger partial charge in [-0.1, -0.05) is 28.9 Å². The van der Waals surface area contributed by atoms with Crippen LogP contribution in [-0.4, -0.2) is 23.5 Å². The molecule has 4 nitrogen and oxygen atoms in total. The van der Waals surface area contributed by atoms with Crippen LogP contribution < -0.4 is 5.32 Å². The van der Waals surface area contributed by atoms with Gasteiger partial charge in [0.25, 0.3) is 5.91 Å². The van der Waals surface area contributed by atoms with Crippen LogP contribution in [0, 0.1) is 12.8 Å². The normalized spacial score (nSPS) is 11.9. The summed E-state index contributed by atoms with van der Waals surface area (Å²) >= 11 is 3.39. The average molecular weight is 328 g/mol. The molecule has 1 aromatic carbocycles. The zero-order valence-corrected chi connectivity index (χ0v) is 12.7. The average Bonchev–Trinajstić information content (AvgIpc) is 2.37. The van der Waals surface area contributed by atoms with E-state index in [9.17, 15) is 9.59 Å². The molecule has 1 atom stereocenters. The van der Waals surface area contributed by atoms with E-state index < -0.39 is 5.97 Å². The molecule has 5 heteroatoms. The maximum Gasteiger partial charge on any atom is 0.306 e. The fourth-order valence-electron chi connectivity index (χ4n) is 1.68. The van der Waals surface area contributed by atoms with Crippen LogP contribution in [-0.2, 0) is 4.79 Å². The Balaban J connectivity index is 2.44. The number of carbonyl (C=O) groups excluding carboxylic acids is 1. The lowest BCUT2D eigenvalue weighted by Crippen LogP contribution is -2.26. The minimum absolute atomic E-state index is 0.123. The number of nitrogens with one attached hydrogen (secondary N) is 1. The summed E-state index contributed by atoms with van der Waals surface area (Å²) in [5, 5.41) is 11.6. The summed E-state index contributed by atoms with van der Waals surface area (Å²) in [6, 6.07) is 5.48. The second-order valence-electron chi connectivity index (χ2n) is 4.55. The first-order chi connectivity index (χ1) is 8.93. The largest absolute Gasteiger partial charge is 0.481 e. The number of carboxylic acid groups (broad SMARTS) is 1. The van der Waals surface area contributed by atoms with E-state index in [0.29, 0.717) is 24.9 Å². The monoisotopic (exact) mass is 327 g/mol. The predicted octanol–water partition coefficient (Wildman–Crippen LogP) is 2.99. The van der Waals surface area contributed by atoms with Crippen LogP contribution in [0.4, 0.5) is 0 Å². The van der Waals surface area contributed by atoms with Crippen LogP contribution in [0.2, 0.25) is 0 Å². The summed E-state index contributed by atoms with van der Waals surface area (Å²) in [7, 11) is 0. The van der Waals surface area contributed by atoms with E-state index in [-0.39, 0.29) is 11.8 Å². The maximum absolute atomic E-state index is 11.9. The highest BCUT2D eigenvalue weighted by atomic mass is 79.9. The van der Waals surface area contributed by atoms with Crippen molar-refractivity contribution in [2.45, 2.75) is 26.7 Å². The highest BCUT2D eigenvalue weighted by Crippen LogP contribution is 2.19. The van der Waals surface area contributed by atoms with Crippen molar-refractivity contribution in [3.05, 3.63) is 33.8 Å². The van der Waals surface area contributed by atoms with Crippen molar-refractivity contribution in [1.29, 1.82) is 0 Å². The van der Waals surface area contributed by atoms with Crippen LogP contribution >= 0.6 is 15.9 Å². The van der Waals surface area contributed by atoms with Crippen molar-refractivity contribution in [3.63, 3.8) is 0 Å². The molecule has 0 fully saturated rings. The Kier molecular flexibility index (Phi) is 6.02. The number of carboxylic acids is 1. The highest BCUT2D eigenvalue weighted by molar-refractivity contribution is 9.10. The van der Waals surface area contributed by atoms with Gasteiger partial charge in [0, 0.05) is 16.6 Å². The quantitative estimate of drug-likeness (QED) is 0.789. The summed E-state index contributed by atoms with van der Waals surface area (Å²) in [5.41, 5.74) is 1.54. The number of hydrogen-bond acceptors (Lipinski definition) is 2. The van der Waals surface area contributed by atoms with E-state index in [0.717, 1.165) is 10.0 Å². The van der Waals surface area contributed by atoms with Gasteiger partial charge in [-0.25, -0.2) is 0 Å². The molecular weight excluding hydrogens is 310 g/mol. The summed E-state index contributed by atoms with van der Waals surface area (Å²) in [4.78, 5) is 22.6. The lowest BCUT2D eigenvalue weighted by atomic mass is 10.1. The van der Waals surface area contributed by atoms with Gasteiger partial charge in [-0.2, -0.15) is 0 Å². The second-order valence-corrected chi connectivity index (χ2v) is 5.40. The van der Waals surface area contributed by atoms with E-state index >= 15 is 0 Å². The number of aliphatic carboxylic acids is 1. The van der Waals surface area contributed by atoms with E-state index in [2.05, 4.69) is 21.2 Å². The van der Waals surface area contributed by atoms with Crippen LogP contribution in [0.15, 0.2) is 22.7 Å². The Morgan fingerprint density at radius 3 is 2.74 bits per heavy atom. The zero-order chi connectivity index (χ0) is 14.4. The van der Waals surface area contributed by atoms with Gasteiger partial charge in [0.2, 0.25) is 0 Å². The standard InChI is InChI=1S/C14H18BrNO3/c1-9(14(18)19)5-4-8-16-13(17)11-6-3-7-12(15)10(11)2/h3,6-7,9H,4-5,8H2,1-2H3,(H,16,17)(H,18,19). The first-order valence-corrected chi connectivity index (χ1v) is 6.99. The molecule has 0 spiro atoms. The predicted molar refractivity (Wildman–Crippen MR) is 77.2 cm³/mol. The van der Waals surface area contributed by atoms with E-state index in [4.69, 9.17) is 5.11 Å². The number of halogens is 1. The Morgan fingerprint density at radius 2 is 2.11 bits per heavy atom. The lowest BCUT2D eigenvalue weighted by Gasteiger charge is -2.09. The fourth-order valence-corrected chi connectivity index (χ4v) is 2.05.